The zero-order chi connectivity index (χ0) is 11.8. The molecule has 1 saturated carbocycles. The number of nitrogens with one attached hydrogen (secondary N) is 1. The third kappa shape index (κ3) is 5.19. The van der Waals surface area contributed by atoms with Gasteiger partial charge in [-0.15, -0.1) is 0 Å². The summed E-state index contributed by atoms with van der Waals surface area (Å²) >= 11 is 1.77. The molecule has 2 rings (SSSR count). The molecule has 96 valence electrons. The van der Waals surface area contributed by atoms with Gasteiger partial charge in [0.15, 0.2) is 0 Å². The molecule has 17 heavy (non-hydrogen) atoms. The molecule has 0 atom stereocenters. The summed E-state index contributed by atoms with van der Waals surface area (Å²) in [6.45, 7) is 3.85. The van der Waals surface area contributed by atoms with Gasteiger partial charge in [0.05, 0.1) is 6.61 Å². The quantitative estimate of drug-likeness (QED) is 0.683. The lowest BCUT2D eigenvalue weighted by atomic mass is 9.83. The Bertz CT molecular complexity index is 282. The first-order chi connectivity index (χ1) is 8.45. The molecular weight excluding hydrogens is 230 g/mol. The highest BCUT2D eigenvalue weighted by molar-refractivity contribution is 7.07. The van der Waals surface area contributed by atoms with Gasteiger partial charge in [-0.2, -0.15) is 11.3 Å². The van der Waals surface area contributed by atoms with Crippen LogP contribution in [0.4, 0.5) is 0 Å². The molecule has 0 aliphatic heterocycles. The Labute approximate surface area is 108 Å². The van der Waals surface area contributed by atoms with E-state index in [1.165, 1.54) is 31.2 Å². The highest BCUT2D eigenvalue weighted by Gasteiger charge is 2.16. The minimum atomic E-state index is 0.857. The predicted octanol–water partition coefficient (Wildman–Crippen LogP) is 3.09. The Morgan fingerprint density at radius 3 is 2.94 bits per heavy atom. The van der Waals surface area contributed by atoms with Gasteiger partial charge in [-0.1, -0.05) is 19.3 Å². The Morgan fingerprint density at radius 1 is 1.29 bits per heavy atom. The summed E-state index contributed by atoms with van der Waals surface area (Å²) in [6, 6.07) is 2.20. The predicted molar refractivity (Wildman–Crippen MR) is 73.7 cm³/mol. The third-order valence-corrected chi connectivity index (χ3v) is 4.22. The van der Waals surface area contributed by atoms with Crippen molar-refractivity contribution in [2.24, 2.45) is 5.92 Å². The number of hydrogen-bond acceptors (Lipinski definition) is 3. The van der Waals surface area contributed by atoms with Crippen molar-refractivity contribution >= 4 is 11.3 Å². The van der Waals surface area contributed by atoms with E-state index in [0.29, 0.717) is 0 Å². The van der Waals surface area contributed by atoms with E-state index in [1.54, 1.807) is 11.3 Å². The second-order valence-electron chi connectivity index (χ2n) is 4.83. The molecule has 0 bridgehead atoms. The maximum Gasteiger partial charge on any atom is 0.0590 e. The number of hydrogen-bond donors (Lipinski definition) is 1. The van der Waals surface area contributed by atoms with Gasteiger partial charge < -0.3 is 10.1 Å². The molecule has 1 N–H and O–H groups in total. The van der Waals surface area contributed by atoms with Crippen LogP contribution in [0.3, 0.4) is 0 Å². The van der Waals surface area contributed by atoms with E-state index in [9.17, 15) is 0 Å². The van der Waals surface area contributed by atoms with Crippen LogP contribution in [-0.2, 0) is 11.2 Å². The van der Waals surface area contributed by atoms with Crippen LogP contribution in [-0.4, -0.2) is 26.3 Å². The van der Waals surface area contributed by atoms with Crippen LogP contribution in [0.2, 0.25) is 0 Å². The van der Waals surface area contributed by atoms with E-state index in [-0.39, 0.29) is 0 Å². The fourth-order valence-electron chi connectivity index (χ4n) is 2.07. The Morgan fingerprint density at radius 2 is 2.24 bits per heavy atom. The molecule has 2 nitrogen and oxygen atoms in total. The van der Waals surface area contributed by atoms with Gasteiger partial charge in [-0.3, -0.25) is 0 Å². The lowest BCUT2D eigenvalue weighted by Crippen LogP contribution is -2.23. The zero-order valence-corrected chi connectivity index (χ0v) is 11.3. The molecular formula is C14H23NOS. The van der Waals surface area contributed by atoms with Crippen molar-refractivity contribution in [1.82, 2.24) is 5.32 Å². The van der Waals surface area contributed by atoms with Gasteiger partial charge in [0.25, 0.3) is 0 Å². The summed E-state index contributed by atoms with van der Waals surface area (Å²) in [7, 11) is 0. The largest absolute Gasteiger partial charge is 0.380 e. The van der Waals surface area contributed by atoms with E-state index in [4.69, 9.17) is 4.74 Å². The summed E-state index contributed by atoms with van der Waals surface area (Å²) < 4.78 is 5.62. The van der Waals surface area contributed by atoms with Gasteiger partial charge in [-0.05, 0) is 47.7 Å². The smallest absolute Gasteiger partial charge is 0.0590 e. The minimum Gasteiger partial charge on any atom is -0.380 e. The van der Waals surface area contributed by atoms with Crippen molar-refractivity contribution in [2.45, 2.75) is 32.1 Å². The molecule has 3 heteroatoms. The normalized spacial score (nSPS) is 16.0. The molecule has 0 aromatic carbocycles. The van der Waals surface area contributed by atoms with Crippen LogP contribution in [0.25, 0.3) is 0 Å². The van der Waals surface area contributed by atoms with E-state index in [2.05, 4.69) is 22.1 Å². The summed E-state index contributed by atoms with van der Waals surface area (Å²) in [5.74, 6) is 0.974. The minimum absolute atomic E-state index is 0.857. The molecule has 0 spiro atoms. The van der Waals surface area contributed by atoms with Gasteiger partial charge in [-0.25, -0.2) is 0 Å². The van der Waals surface area contributed by atoms with Crippen molar-refractivity contribution in [3.63, 3.8) is 0 Å². The van der Waals surface area contributed by atoms with Crippen LogP contribution in [0.5, 0.6) is 0 Å². The van der Waals surface area contributed by atoms with Gasteiger partial charge in [0.1, 0.15) is 0 Å². The Kier molecular flexibility index (Phi) is 6.03. The average molecular weight is 253 g/mol. The number of thiophene rings is 1. The SMILES string of the molecule is c1cc(CCNCCOCCC2CCC2)cs1. The van der Waals surface area contributed by atoms with Crippen LogP contribution in [0, 0.1) is 5.92 Å². The maximum absolute atomic E-state index is 5.62. The average Bonchev–Trinajstić information content (AvgIpc) is 2.77. The molecule has 1 aromatic heterocycles. The molecule has 0 unspecified atom stereocenters. The summed E-state index contributed by atoms with van der Waals surface area (Å²) in [6.07, 6.45) is 6.71. The molecule has 1 aliphatic rings. The standard InChI is InChI=1S/C14H23NOS/c1-2-13(3-1)5-9-16-10-8-15-7-4-14-6-11-17-12-14/h6,11-13,15H,1-5,7-10H2. The summed E-state index contributed by atoms with van der Waals surface area (Å²) in [5, 5.41) is 7.78. The van der Waals surface area contributed by atoms with Crippen LogP contribution >= 0.6 is 11.3 Å². The lowest BCUT2D eigenvalue weighted by molar-refractivity contribution is 0.108. The summed E-state index contributed by atoms with van der Waals surface area (Å²) in [5.41, 5.74) is 1.44. The van der Waals surface area contributed by atoms with Crippen molar-refractivity contribution in [3.8, 4) is 0 Å². The number of rotatable bonds is 9. The summed E-state index contributed by atoms with van der Waals surface area (Å²) in [4.78, 5) is 0. The van der Waals surface area contributed by atoms with Crippen molar-refractivity contribution in [1.29, 1.82) is 0 Å². The molecule has 1 aromatic rings. The fourth-order valence-corrected chi connectivity index (χ4v) is 2.77. The first-order valence-corrected chi connectivity index (χ1v) is 7.69. The highest BCUT2D eigenvalue weighted by Crippen LogP contribution is 2.28. The van der Waals surface area contributed by atoms with Crippen molar-refractivity contribution < 1.29 is 4.74 Å². The van der Waals surface area contributed by atoms with E-state index >= 15 is 0 Å². The van der Waals surface area contributed by atoms with Gasteiger partial charge >= 0.3 is 0 Å². The van der Waals surface area contributed by atoms with Gasteiger partial charge in [0.2, 0.25) is 0 Å². The lowest BCUT2D eigenvalue weighted by Gasteiger charge is -2.24. The first kappa shape index (κ1) is 13.1. The zero-order valence-electron chi connectivity index (χ0n) is 10.5. The second kappa shape index (κ2) is 7.85. The second-order valence-corrected chi connectivity index (χ2v) is 5.61. The van der Waals surface area contributed by atoms with Crippen molar-refractivity contribution in [3.05, 3.63) is 22.4 Å². The molecule has 0 radical (unpaired) electrons. The molecule has 1 aliphatic carbocycles. The molecule has 0 amide bonds. The Balaban J connectivity index is 1.34. The van der Waals surface area contributed by atoms with E-state index in [1.807, 2.05) is 0 Å². The fraction of sp³-hybridized carbons (Fsp3) is 0.714. The molecule has 1 heterocycles. The topological polar surface area (TPSA) is 21.3 Å². The van der Waals surface area contributed by atoms with Crippen molar-refractivity contribution in [2.75, 3.05) is 26.3 Å². The highest BCUT2D eigenvalue weighted by atomic mass is 32.1. The van der Waals surface area contributed by atoms with Crippen LogP contribution in [0.1, 0.15) is 31.2 Å². The first-order valence-electron chi connectivity index (χ1n) is 6.74. The van der Waals surface area contributed by atoms with Crippen LogP contribution < -0.4 is 5.32 Å². The monoisotopic (exact) mass is 253 g/mol. The Hall–Kier alpha value is -0.380. The van der Waals surface area contributed by atoms with E-state index in [0.717, 1.165) is 38.6 Å². The number of ether oxygens (including phenoxy) is 1. The maximum atomic E-state index is 5.62. The molecule has 0 saturated heterocycles. The van der Waals surface area contributed by atoms with Gasteiger partial charge in [0, 0.05) is 13.2 Å². The molecule has 1 fully saturated rings. The third-order valence-electron chi connectivity index (χ3n) is 3.49. The van der Waals surface area contributed by atoms with E-state index < -0.39 is 0 Å². The van der Waals surface area contributed by atoms with Crippen LogP contribution in [0.15, 0.2) is 16.8 Å².